The fourth-order valence-electron chi connectivity index (χ4n) is 2.05. The van der Waals surface area contributed by atoms with E-state index in [9.17, 15) is 9.59 Å². The topological polar surface area (TPSA) is 49.4 Å². The smallest absolute Gasteiger partial charge is 0.251 e. The van der Waals surface area contributed by atoms with Crippen LogP contribution in [0.5, 0.6) is 0 Å². The second kappa shape index (κ2) is 7.24. The van der Waals surface area contributed by atoms with Crippen LogP contribution in [-0.2, 0) is 4.79 Å². The Labute approximate surface area is 124 Å². The maximum atomic E-state index is 12.2. The molecular formula is C17H18N2O2. The van der Waals surface area contributed by atoms with Gasteiger partial charge in [-0.05, 0) is 31.2 Å². The standard InChI is InChI=1S/C17H18N2O2/c1-2-19(15-11-7-4-8-12-15)16(20)13-18-17(21)14-9-5-3-6-10-14/h3-12H,2,13H2,1H3,(H,18,21). The van der Waals surface area contributed by atoms with E-state index in [2.05, 4.69) is 5.32 Å². The number of hydrogen-bond acceptors (Lipinski definition) is 2. The summed E-state index contributed by atoms with van der Waals surface area (Å²) in [5.41, 5.74) is 1.38. The number of rotatable bonds is 5. The van der Waals surface area contributed by atoms with Gasteiger partial charge in [0.15, 0.2) is 0 Å². The molecule has 0 aromatic heterocycles. The van der Waals surface area contributed by atoms with Crippen molar-refractivity contribution >= 4 is 17.5 Å². The molecule has 4 heteroatoms. The molecule has 0 saturated heterocycles. The van der Waals surface area contributed by atoms with Crippen molar-refractivity contribution in [1.82, 2.24) is 5.32 Å². The van der Waals surface area contributed by atoms with Crippen LogP contribution in [0.2, 0.25) is 0 Å². The maximum absolute atomic E-state index is 12.2. The Balaban J connectivity index is 1.96. The van der Waals surface area contributed by atoms with Gasteiger partial charge in [-0.3, -0.25) is 9.59 Å². The Bertz CT molecular complexity index is 597. The number of likely N-dealkylation sites (N-methyl/N-ethyl adjacent to an activating group) is 1. The molecule has 0 saturated carbocycles. The van der Waals surface area contributed by atoms with E-state index in [0.717, 1.165) is 5.69 Å². The normalized spacial score (nSPS) is 9.95. The number of benzene rings is 2. The minimum Gasteiger partial charge on any atom is -0.343 e. The molecule has 1 N–H and O–H groups in total. The van der Waals surface area contributed by atoms with Crippen LogP contribution in [0.4, 0.5) is 5.69 Å². The van der Waals surface area contributed by atoms with E-state index in [1.54, 1.807) is 29.2 Å². The van der Waals surface area contributed by atoms with Crippen molar-refractivity contribution in [2.24, 2.45) is 0 Å². The summed E-state index contributed by atoms with van der Waals surface area (Å²) in [6.07, 6.45) is 0. The summed E-state index contributed by atoms with van der Waals surface area (Å²) in [5, 5.41) is 2.65. The molecule has 108 valence electrons. The third-order valence-corrected chi connectivity index (χ3v) is 3.12. The summed E-state index contributed by atoms with van der Waals surface area (Å²) in [7, 11) is 0. The van der Waals surface area contributed by atoms with Crippen LogP contribution in [0.25, 0.3) is 0 Å². The fourth-order valence-corrected chi connectivity index (χ4v) is 2.05. The first-order valence-electron chi connectivity index (χ1n) is 6.91. The van der Waals surface area contributed by atoms with E-state index < -0.39 is 0 Å². The molecule has 2 amide bonds. The maximum Gasteiger partial charge on any atom is 0.251 e. The molecule has 4 nitrogen and oxygen atoms in total. The number of para-hydroxylation sites is 1. The lowest BCUT2D eigenvalue weighted by Crippen LogP contribution is -2.40. The third-order valence-electron chi connectivity index (χ3n) is 3.12. The van der Waals surface area contributed by atoms with E-state index in [1.165, 1.54) is 0 Å². The van der Waals surface area contributed by atoms with E-state index >= 15 is 0 Å². The van der Waals surface area contributed by atoms with E-state index in [4.69, 9.17) is 0 Å². The first-order chi connectivity index (χ1) is 10.2. The van der Waals surface area contributed by atoms with Gasteiger partial charge in [-0.1, -0.05) is 36.4 Å². The van der Waals surface area contributed by atoms with Crippen LogP contribution >= 0.6 is 0 Å². The zero-order valence-corrected chi connectivity index (χ0v) is 12.0. The molecule has 0 unspecified atom stereocenters. The van der Waals surface area contributed by atoms with Crippen molar-refractivity contribution in [2.75, 3.05) is 18.0 Å². The van der Waals surface area contributed by atoms with Crippen molar-refractivity contribution in [2.45, 2.75) is 6.92 Å². The molecule has 2 aromatic carbocycles. The lowest BCUT2D eigenvalue weighted by molar-refractivity contribution is -0.117. The monoisotopic (exact) mass is 282 g/mol. The Morgan fingerprint density at radius 3 is 2.10 bits per heavy atom. The number of carbonyl (C=O) groups excluding carboxylic acids is 2. The fraction of sp³-hybridized carbons (Fsp3) is 0.176. The van der Waals surface area contributed by atoms with Crippen molar-refractivity contribution in [3.05, 3.63) is 66.2 Å². The predicted molar refractivity (Wildman–Crippen MR) is 83.2 cm³/mol. The Kier molecular flexibility index (Phi) is 5.10. The van der Waals surface area contributed by atoms with Gasteiger partial charge in [-0.15, -0.1) is 0 Å². The average molecular weight is 282 g/mol. The molecule has 21 heavy (non-hydrogen) atoms. The van der Waals surface area contributed by atoms with E-state index in [1.807, 2.05) is 43.3 Å². The molecule has 0 spiro atoms. The Morgan fingerprint density at radius 2 is 1.52 bits per heavy atom. The summed E-state index contributed by atoms with van der Waals surface area (Å²) in [5.74, 6) is -0.374. The number of nitrogens with zero attached hydrogens (tertiary/aromatic N) is 1. The molecule has 0 bridgehead atoms. The van der Waals surface area contributed by atoms with Crippen molar-refractivity contribution in [3.8, 4) is 0 Å². The molecule has 0 aliphatic rings. The van der Waals surface area contributed by atoms with Gasteiger partial charge in [0.05, 0.1) is 6.54 Å². The average Bonchev–Trinajstić information content (AvgIpc) is 2.55. The van der Waals surface area contributed by atoms with Gasteiger partial charge in [-0.2, -0.15) is 0 Å². The van der Waals surface area contributed by atoms with Gasteiger partial charge in [0.2, 0.25) is 5.91 Å². The van der Waals surface area contributed by atoms with Crippen molar-refractivity contribution < 1.29 is 9.59 Å². The van der Waals surface area contributed by atoms with E-state index in [0.29, 0.717) is 12.1 Å². The summed E-state index contributed by atoms with van der Waals surface area (Å²) < 4.78 is 0. The highest BCUT2D eigenvalue weighted by molar-refractivity contribution is 6.00. The van der Waals surface area contributed by atoms with Crippen LogP contribution in [0.1, 0.15) is 17.3 Å². The Morgan fingerprint density at radius 1 is 0.952 bits per heavy atom. The number of hydrogen-bond donors (Lipinski definition) is 1. The van der Waals surface area contributed by atoms with Gasteiger partial charge in [-0.25, -0.2) is 0 Å². The first kappa shape index (κ1) is 14.8. The zero-order chi connectivity index (χ0) is 15.1. The van der Waals surface area contributed by atoms with Gasteiger partial charge in [0.25, 0.3) is 5.91 Å². The zero-order valence-electron chi connectivity index (χ0n) is 12.0. The minimum absolute atomic E-state index is 0.0174. The summed E-state index contributed by atoms with van der Waals surface area (Å²) in [4.78, 5) is 25.8. The second-order valence-corrected chi connectivity index (χ2v) is 4.52. The number of nitrogens with one attached hydrogen (secondary N) is 1. The highest BCUT2D eigenvalue weighted by Gasteiger charge is 2.14. The lowest BCUT2D eigenvalue weighted by Gasteiger charge is -2.21. The molecular weight excluding hydrogens is 264 g/mol. The second-order valence-electron chi connectivity index (χ2n) is 4.52. The highest BCUT2D eigenvalue weighted by atomic mass is 16.2. The van der Waals surface area contributed by atoms with Crippen molar-refractivity contribution in [1.29, 1.82) is 0 Å². The molecule has 0 heterocycles. The largest absolute Gasteiger partial charge is 0.343 e. The van der Waals surface area contributed by atoms with E-state index in [-0.39, 0.29) is 18.4 Å². The van der Waals surface area contributed by atoms with Crippen molar-refractivity contribution in [3.63, 3.8) is 0 Å². The van der Waals surface area contributed by atoms with Gasteiger partial charge < -0.3 is 10.2 Å². The van der Waals surface area contributed by atoms with Gasteiger partial charge in [0, 0.05) is 17.8 Å². The molecule has 0 fully saturated rings. The molecule has 2 aromatic rings. The number of anilines is 1. The minimum atomic E-state index is -0.243. The highest BCUT2D eigenvalue weighted by Crippen LogP contribution is 2.12. The van der Waals surface area contributed by atoms with Crippen LogP contribution in [-0.4, -0.2) is 24.9 Å². The number of amides is 2. The van der Waals surface area contributed by atoms with Gasteiger partial charge in [0.1, 0.15) is 0 Å². The summed E-state index contributed by atoms with van der Waals surface area (Å²) in [6.45, 7) is 2.45. The summed E-state index contributed by atoms with van der Waals surface area (Å²) >= 11 is 0. The first-order valence-corrected chi connectivity index (χ1v) is 6.91. The third kappa shape index (κ3) is 3.92. The Hall–Kier alpha value is -2.62. The number of carbonyl (C=O) groups is 2. The van der Waals surface area contributed by atoms with Crippen LogP contribution < -0.4 is 10.2 Å². The van der Waals surface area contributed by atoms with Gasteiger partial charge >= 0.3 is 0 Å². The quantitative estimate of drug-likeness (QED) is 0.916. The molecule has 0 aliphatic heterocycles. The summed E-state index contributed by atoms with van der Waals surface area (Å²) in [6, 6.07) is 18.3. The van der Waals surface area contributed by atoms with Crippen LogP contribution in [0.15, 0.2) is 60.7 Å². The molecule has 0 radical (unpaired) electrons. The molecule has 0 atom stereocenters. The SMILES string of the molecule is CCN(C(=O)CNC(=O)c1ccccc1)c1ccccc1. The predicted octanol–water partition coefficient (Wildman–Crippen LogP) is 2.47. The lowest BCUT2D eigenvalue weighted by atomic mass is 10.2. The van der Waals surface area contributed by atoms with Crippen LogP contribution in [0.3, 0.4) is 0 Å². The van der Waals surface area contributed by atoms with Crippen LogP contribution in [0, 0.1) is 0 Å². The molecule has 0 aliphatic carbocycles. The molecule has 2 rings (SSSR count).